The lowest BCUT2D eigenvalue weighted by Crippen LogP contribution is -2.28. The van der Waals surface area contributed by atoms with Crippen molar-refractivity contribution in [2.24, 2.45) is 0 Å². The number of fused-ring (bicyclic) bond motifs is 1. The van der Waals surface area contributed by atoms with E-state index in [-0.39, 0.29) is 0 Å². The van der Waals surface area contributed by atoms with Crippen LogP contribution in [0.2, 0.25) is 0 Å². The first-order valence-corrected chi connectivity index (χ1v) is 8.30. The Morgan fingerprint density at radius 2 is 2.13 bits per heavy atom. The van der Waals surface area contributed by atoms with Crippen LogP contribution in [-0.4, -0.2) is 54.0 Å². The van der Waals surface area contributed by atoms with Crippen molar-refractivity contribution in [2.45, 2.75) is 20.8 Å². The number of halogens is 1. The van der Waals surface area contributed by atoms with Crippen molar-refractivity contribution < 1.29 is 14.3 Å². The highest BCUT2D eigenvalue weighted by molar-refractivity contribution is 9.10. The molecule has 0 N–H and O–H groups in total. The van der Waals surface area contributed by atoms with Crippen molar-refractivity contribution in [1.82, 2.24) is 14.6 Å². The molecule has 0 aliphatic carbocycles. The highest BCUT2D eigenvalue weighted by atomic mass is 79.9. The third-order valence-corrected chi connectivity index (χ3v) is 4.28. The SMILES string of the molecule is CCOCCN(C)c1c(C(=O)OCC)cnc2c(Br)c(C)nn12. The molecular formula is C15H21BrN4O3. The molecule has 0 aromatic carbocycles. The molecule has 0 aliphatic rings. The average Bonchev–Trinajstić information content (AvgIpc) is 2.81. The average molecular weight is 385 g/mol. The molecule has 2 aromatic rings. The maximum Gasteiger partial charge on any atom is 0.343 e. The van der Waals surface area contributed by atoms with Gasteiger partial charge in [0.2, 0.25) is 0 Å². The third kappa shape index (κ3) is 3.64. The second-order valence-electron chi connectivity index (χ2n) is 4.97. The minimum absolute atomic E-state index is 0.306. The molecule has 0 spiro atoms. The molecule has 0 unspecified atom stereocenters. The second-order valence-corrected chi connectivity index (χ2v) is 5.76. The van der Waals surface area contributed by atoms with E-state index in [4.69, 9.17) is 9.47 Å². The predicted molar refractivity (Wildman–Crippen MR) is 91.1 cm³/mol. The minimum atomic E-state index is -0.413. The van der Waals surface area contributed by atoms with Gasteiger partial charge < -0.3 is 14.4 Å². The van der Waals surface area contributed by atoms with Gasteiger partial charge in [-0.1, -0.05) is 0 Å². The molecular weight excluding hydrogens is 364 g/mol. The van der Waals surface area contributed by atoms with Gasteiger partial charge in [0, 0.05) is 26.4 Å². The van der Waals surface area contributed by atoms with Gasteiger partial charge in [-0.25, -0.2) is 9.78 Å². The summed E-state index contributed by atoms with van der Waals surface area (Å²) in [5, 5.41) is 4.48. The Hall–Kier alpha value is -1.67. The van der Waals surface area contributed by atoms with Crippen LogP contribution in [0.1, 0.15) is 29.9 Å². The summed E-state index contributed by atoms with van der Waals surface area (Å²) in [5.74, 6) is 0.228. The summed E-state index contributed by atoms with van der Waals surface area (Å²) in [6, 6.07) is 0. The maximum absolute atomic E-state index is 12.3. The van der Waals surface area contributed by atoms with E-state index in [1.165, 1.54) is 6.20 Å². The summed E-state index contributed by atoms with van der Waals surface area (Å²) in [6.07, 6.45) is 1.53. The number of likely N-dealkylation sites (N-methyl/N-ethyl adjacent to an activating group) is 1. The Morgan fingerprint density at radius 3 is 2.78 bits per heavy atom. The first-order chi connectivity index (χ1) is 11.0. The molecule has 2 rings (SSSR count). The quantitative estimate of drug-likeness (QED) is 0.539. The highest BCUT2D eigenvalue weighted by Crippen LogP contribution is 2.27. The van der Waals surface area contributed by atoms with Gasteiger partial charge in [-0.15, -0.1) is 0 Å². The summed E-state index contributed by atoms with van der Waals surface area (Å²) < 4.78 is 13.0. The smallest absolute Gasteiger partial charge is 0.343 e. The number of hydrogen-bond donors (Lipinski definition) is 0. The predicted octanol–water partition coefficient (Wildman–Crippen LogP) is 2.45. The molecule has 0 radical (unpaired) electrons. The highest BCUT2D eigenvalue weighted by Gasteiger charge is 2.22. The Labute approximate surface area is 143 Å². The van der Waals surface area contributed by atoms with Crippen LogP contribution in [0, 0.1) is 6.92 Å². The van der Waals surface area contributed by atoms with E-state index >= 15 is 0 Å². The fourth-order valence-electron chi connectivity index (χ4n) is 2.22. The number of ether oxygens (including phenoxy) is 2. The van der Waals surface area contributed by atoms with Crippen LogP contribution >= 0.6 is 15.9 Å². The fraction of sp³-hybridized carbons (Fsp3) is 0.533. The first kappa shape index (κ1) is 17.7. The molecule has 126 valence electrons. The molecule has 2 heterocycles. The van der Waals surface area contributed by atoms with Crippen molar-refractivity contribution in [2.75, 3.05) is 38.3 Å². The molecule has 0 saturated heterocycles. The van der Waals surface area contributed by atoms with Crippen LogP contribution in [0.4, 0.5) is 5.82 Å². The molecule has 23 heavy (non-hydrogen) atoms. The lowest BCUT2D eigenvalue weighted by Gasteiger charge is -2.22. The molecule has 8 heteroatoms. The van der Waals surface area contributed by atoms with Gasteiger partial charge in [0.05, 0.1) is 23.4 Å². The Kier molecular flexibility index (Phi) is 5.95. The topological polar surface area (TPSA) is 69.0 Å². The summed E-state index contributed by atoms with van der Waals surface area (Å²) in [4.78, 5) is 18.5. The molecule has 0 bridgehead atoms. The molecule has 0 saturated carbocycles. The third-order valence-electron chi connectivity index (χ3n) is 3.35. The van der Waals surface area contributed by atoms with Crippen molar-refractivity contribution in [3.8, 4) is 0 Å². The van der Waals surface area contributed by atoms with Crippen molar-refractivity contribution in [3.63, 3.8) is 0 Å². The van der Waals surface area contributed by atoms with Gasteiger partial charge >= 0.3 is 5.97 Å². The van der Waals surface area contributed by atoms with Gasteiger partial charge in [-0.2, -0.15) is 9.61 Å². The van der Waals surface area contributed by atoms with Crippen LogP contribution in [0.3, 0.4) is 0 Å². The van der Waals surface area contributed by atoms with E-state index in [1.54, 1.807) is 11.4 Å². The number of carbonyl (C=O) groups is 1. The van der Waals surface area contributed by atoms with Gasteiger partial charge in [0.1, 0.15) is 11.4 Å². The lowest BCUT2D eigenvalue weighted by molar-refractivity contribution is 0.0525. The normalized spacial score (nSPS) is 11.0. The van der Waals surface area contributed by atoms with Crippen molar-refractivity contribution >= 4 is 33.4 Å². The number of carbonyl (C=O) groups excluding carboxylic acids is 1. The zero-order valence-corrected chi connectivity index (χ0v) is 15.4. The molecule has 7 nitrogen and oxygen atoms in total. The maximum atomic E-state index is 12.3. The zero-order chi connectivity index (χ0) is 17.0. The first-order valence-electron chi connectivity index (χ1n) is 7.51. The zero-order valence-electron chi connectivity index (χ0n) is 13.8. The number of anilines is 1. The summed E-state index contributed by atoms with van der Waals surface area (Å²) >= 11 is 3.49. The standard InChI is InChI=1S/C15H21BrN4O3/c1-5-22-8-7-19(4)14-11(15(21)23-6-2)9-17-13-12(16)10(3)18-20(13)14/h9H,5-8H2,1-4H3. The number of esters is 1. The van der Waals surface area contributed by atoms with E-state index in [9.17, 15) is 4.79 Å². The number of aryl methyl sites for hydroxylation is 1. The Bertz CT molecular complexity index is 702. The monoisotopic (exact) mass is 384 g/mol. The van der Waals surface area contributed by atoms with Gasteiger partial charge in [-0.3, -0.25) is 0 Å². The van der Waals surface area contributed by atoms with E-state index in [0.29, 0.717) is 43.4 Å². The Morgan fingerprint density at radius 1 is 1.39 bits per heavy atom. The fourth-order valence-corrected chi connectivity index (χ4v) is 2.57. The number of aromatic nitrogens is 3. The van der Waals surface area contributed by atoms with E-state index in [2.05, 4.69) is 26.0 Å². The number of nitrogens with zero attached hydrogens (tertiary/aromatic N) is 4. The summed E-state index contributed by atoms with van der Waals surface area (Å²) in [6.45, 7) is 7.74. The van der Waals surface area contributed by atoms with Gasteiger partial charge in [0.25, 0.3) is 0 Å². The van der Waals surface area contributed by atoms with Crippen LogP contribution in [0.5, 0.6) is 0 Å². The van der Waals surface area contributed by atoms with Crippen LogP contribution in [-0.2, 0) is 9.47 Å². The van der Waals surface area contributed by atoms with E-state index < -0.39 is 5.97 Å². The molecule has 0 fully saturated rings. The molecule has 0 amide bonds. The lowest BCUT2D eigenvalue weighted by atomic mass is 10.3. The van der Waals surface area contributed by atoms with E-state index in [0.717, 1.165) is 10.2 Å². The largest absolute Gasteiger partial charge is 0.462 e. The number of hydrogen-bond acceptors (Lipinski definition) is 6. The molecule has 0 aliphatic heterocycles. The molecule has 2 aromatic heterocycles. The van der Waals surface area contributed by atoms with Crippen LogP contribution in [0.25, 0.3) is 5.65 Å². The second kappa shape index (κ2) is 7.74. The van der Waals surface area contributed by atoms with Gasteiger partial charge in [-0.05, 0) is 36.7 Å². The van der Waals surface area contributed by atoms with Crippen LogP contribution < -0.4 is 4.90 Å². The van der Waals surface area contributed by atoms with E-state index in [1.807, 2.05) is 25.8 Å². The minimum Gasteiger partial charge on any atom is -0.462 e. The number of rotatable bonds is 7. The summed E-state index contributed by atoms with van der Waals surface area (Å²) in [7, 11) is 1.89. The van der Waals surface area contributed by atoms with Gasteiger partial charge in [0.15, 0.2) is 5.65 Å². The van der Waals surface area contributed by atoms with Crippen molar-refractivity contribution in [1.29, 1.82) is 0 Å². The van der Waals surface area contributed by atoms with Crippen molar-refractivity contribution in [3.05, 3.63) is 21.9 Å². The Balaban J connectivity index is 2.52. The molecule has 0 atom stereocenters. The summed E-state index contributed by atoms with van der Waals surface area (Å²) in [5.41, 5.74) is 1.85. The van der Waals surface area contributed by atoms with Crippen LogP contribution in [0.15, 0.2) is 10.7 Å².